The van der Waals surface area contributed by atoms with Crippen LogP contribution in [-0.2, 0) is 6.54 Å². The maximum atomic E-state index is 12.8. The van der Waals surface area contributed by atoms with Gasteiger partial charge in [0.15, 0.2) is 0 Å². The molecule has 4 rings (SSSR count). The predicted molar refractivity (Wildman–Crippen MR) is 107 cm³/mol. The van der Waals surface area contributed by atoms with E-state index in [0.717, 1.165) is 16.0 Å². The van der Waals surface area contributed by atoms with Gasteiger partial charge in [0.1, 0.15) is 4.70 Å². The zero-order valence-electron chi connectivity index (χ0n) is 13.8. The monoisotopic (exact) mass is 397 g/mol. The third-order valence-electron chi connectivity index (χ3n) is 4.13. The van der Waals surface area contributed by atoms with Crippen molar-refractivity contribution in [2.75, 3.05) is 0 Å². The standard InChI is InChI=1S/C19H12ClN3O3S/c20-14-5-3-13(4-6-14)17-9-16-18(27-17)19(24)22(11-21-16)10-12-1-7-15(8-2-12)23(25)26/h1-9,11H,10H2. The molecule has 0 unspecified atom stereocenters. The minimum atomic E-state index is -0.451. The summed E-state index contributed by atoms with van der Waals surface area (Å²) in [5.41, 5.74) is 2.30. The summed E-state index contributed by atoms with van der Waals surface area (Å²) < 4.78 is 2.08. The maximum absolute atomic E-state index is 12.8. The fraction of sp³-hybridized carbons (Fsp3) is 0.0526. The van der Waals surface area contributed by atoms with Gasteiger partial charge < -0.3 is 0 Å². The number of non-ortho nitro benzene ring substituents is 1. The summed E-state index contributed by atoms with van der Waals surface area (Å²) in [7, 11) is 0. The molecule has 0 saturated heterocycles. The van der Waals surface area contributed by atoms with Crippen molar-refractivity contribution < 1.29 is 4.92 Å². The van der Waals surface area contributed by atoms with Crippen LogP contribution in [0, 0.1) is 10.1 Å². The number of benzene rings is 2. The van der Waals surface area contributed by atoms with Crippen molar-refractivity contribution in [1.82, 2.24) is 9.55 Å². The Morgan fingerprint density at radius 3 is 2.48 bits per heavy atom. The first-order valence-corrected chi connectivity index (χ1v) is 9.19. The molecule has 0 saturated carbocycles. The van der Waals surface area contributed by atoms with Gasteiger partial charge in [-0.2, -0.15) is 0 Å². The van der Waals surface area contributed by atoms with Crippen LogP contribution in [0.2, 0.25) is 5.02 Å². The fourth-order valence-electron chi connectivity index (χ4n) is 2.73. The molecular formula is C19H12ClN3O3S. The molecule has 0 aliphatic carbocycles. The number of nitrogens with zero attached hydrogens (tertiary/aromatic N) is 3. The topological polar surface area (TPSA) is 78.0 Å². The van der Waals surface area contributed by atoms with E-state index in [1.165, 1.54) is 34.4 Å². The van der Waals surface area contributed by atoms with Gasteiger partial charge in [0, 0.05) is 22.0 Å². The number of rotatable bonds is 4. The third kappa shape index (κ3) is 3.47. The summed E-state index contributed by atoms with van der Waals surface area (Å²) >= 11 is 7.31. The number of thiophene rings is 1. The van der Waals surface area contributed by atoms with Crippen LogP contribution < -0.4 is 5.56 Å². The number of nitro benzene ring substituents is 1. The molecular weight excluding hydrogens is 386 g/mol. The lowest BCUT2D eigenvalue weighted by Crippen LogP contribution is -2.20. The van der Waals surface area contributed by atoms with Crippen LogP contribution in [0.15, 0.2) is 65.7 Å². The highest BCUT2D eigenvalue weighted by Gasteiger charge is 2.11. The van der Waals surface area contributed by atoms with Crippen molar-refractivity contribution in [1.29, 1.82) is 0 Å². The van der Waals surface area contributed by atoms with E-state index in [-0.39, 0.29) is 11.2 Å². The number of fused-ring (bicyclic) bond motifs is 1. The van der Waals surface area contributed by atoms with Gasteiger partial charge in [0.05, 0.1) is 23.3 Å². The minimum absolute atomic E-state index is 0.0190. The van der Waals surface area contributed by atoms with Crippen LogP contribution in [-0.4, -0.2) is 14.5 Å². The summed E-state index contributed by atoms with van der Waals surface area (Å²) in [6, 6.07) is 15.5. The Morgan fingerprint density at radius 2 is 1.81 bits per heavy atom. The molecule has 134 valence electrons. The van der Waals surface area contributed by atoms with Crippen molar-refractivity contribution in [3.8, 4) is 10.4 Å². The molecule has 0 fully saturated rings. The van der Waals surface area contributed by atoms with Crippen LogP contribution in [0.3, 0.4) is 0 Å². The lowest BCUT2D eigenvalue weighted by Gasteiger charge is -2.05. The predicted octanol–water partition coefficient (Wildman–Crippen LogP) is 4.73. The van der Waals surface area contributed by atoms with Crippen molar-refractivity contribution in [3.63, 3.8) is 0 Å². The van der Waals surface area contributed by atoms with Gasteiger partial charge >= 0.3 is 0 Å². The minimum Gasteiger partial charge on any atom is -0.294 e. The van der Waals surface area contributed by atoms with Crippen LogP contribution in [0.4, 0.5) is 5.69 Å². The number of hydrogen-bond donors (Lipinski definition) is 0. The second-order valence-electron chi connectivity index (χ2n) is 5.93. The van der Waals surface area contributed by atoms with Gasteiger partial charge in [0.25, 0.3) is 11.2 Å². The lowest BCUT2D eigenvalue weighted by molar-refractivity contribution is -0.384. The van der Waals surface area contributed by atoms with Crippen molar-refractivity contribution >= 4 is 38.8 Å². The van der Waals surface area contributed by atoms with Crippen molar-refractivity contribution in [2.24, 2.45) is 0 Å². The number of hydrogen-bond acceptors (Lipinski definition) is 5. The third-order valence-corrected chi connectivity index (χ3v) is 5.55. The summed E-state index contributed by atoms with van der Waals surface area (Å²) in [5, 5.41) is 11.4. The molecule has 0 spiro atoms. The largest absolute Gasteiger partial charge is 0.294 e. The van der Waals surface area contributed by atoms with Gasteiger partial charge in [-0.15, -0.1) is 11.3 Å². The van der Waals surface area contributed by atoms with E-state index in [1.807, 2.05) is 30.3 Å². The Balaban J connectivity index is 1.68. The highest BCUT2D eigenvalue weighted by atomic mass is 35.5. The number of nitro groups is 1. The molecule has 6 nitrogen and oxygen atoms in total. The molecule has 4 aromatic rings. The SMILES string of the molecule is O=c1c2sc(-c3ccc(Cl)cc3)cc2ncn1Cc1ccc([N+](=O)[O-])cc1. The average Bonchev–Trinajstić information content (AvgIpc) is 3.10. The molecule has 0 radical (unpaired) electrons. The molecule has 0 aliphatic heterocycles. The first-order chi connectivity index (χ1) is 13.0. The summed E-state index contributed by atoms with van der Waals surface area (Å²) in [6.45, 7) is 0.300. The maximum Gasteiger partial charge on any atom is 0.271 e. The summed E-state index contributed by atoms with van der Waals surface area (Å²) in [5.74, 6) is 0. The van der Waals surface area contributed by atoms with E-state index in [2.05, 4.69) is 4.98 Å². The number of aromatic nitrogens is 2. The van der Waals surface area contributed by atoms with Gasteiger partial charge in [-0.1, -0.05) is 35.9 Å². The second-order valence-corrected chi connectivity index (χ2v) is 7.42. The Labute approximate surface area is 162 Å². The Morgan fingerprint density at radius 1 is 1.11 bits per heavy atom. The molecule has 8 heteroatoms. The fourth-order valence-corrected chi connectivity index (χ4v) is 3.93. The lowest BCUT2D eigenvalue weighted by atomic mass is 10.2. The Hall–Kier alpha value is -3.03. The van der Waals surface area contributed by atoms with E-state index in [0.29, 0.717) is 21.8 Å². The van der Waals surface area contributed by atoms with Crippen molar-refractivity contribution in [2.45, 2.75) is 6.54 Å². The van der Waals surface area contributed by atoms with E-state index in [1.54, 1.807) is 12.1 Å². The van der Waals surface area contributed by atoms with Crippen molar-refractivity contribution in [3.05, 3.63) is 92.0 Å². The molecule has 0 N–H and O–H groups in total. The number of halogens is 1. The Bertz CT molecular complexity index is 1200. The smallest absolute Gasteiger partial charge is 0.271 e. The second kappa shape index (κ2) is 6.94. The van der Waals surface area contributed by atoms with Crippen LogP contribution in [0.5, 0.6) is 0 Å². The highest BCUT2D eigenvalue weighted by molar-refractivity contribution is 7.22. The molecule has 0 bridgehead atoms. The molecule has 27 heavy (non-hydrogen) atoms. The van der Waals surface area contributed by atoms with E-state index in [4.69, 9.17) is 11.6 Å². The van der Waals surface area contributed by atoms with Gasteiger partial charge in [-0.05, 0) is 29.3 Å². The normalized spacial score (nSPS) is 11.0. The van der Waals surface area contributed by atoms with E-state index < -0.39 is 4.92 Å². The highest BCUT2D eigenvalue weighted by Crippen LogP contribution is 2.31. The Kier molecular flexibility index (Phi) is 4.47. The van der Waals surface area contributed by atoms with Crippen LogP contribution >= 0.6 is 22.9 Å². The molecule has 0 amide bonds. The molecule has 2 aromatic carbocycles. The molecule has 0 atom stereocenters. The van der Waals surface area contributed by atoms with E-state index >= 15 is 0 Å². The first kappa shape index (κ1) is 17.4. The zero-order chi connectivity index (χ0) is 19.0. The molecule has 0 aliphatic rings. The van der Waals surface area contributed by atoms with Crippen LogP contribution in [0.1, 0.15) is 5.56 Å². The van der Waals surface area contributed by atoms with Gasteiger partial charge in [0.2, 0.25) is 0 Å². The summed E-state index contributed by atoms with van der Waals surface area (Å²) in [4.78, 5) is 28.4. The molecule has 2 aromatic heterocycles. The summed E-state index contributed by atoms with van der Waals surface area (Å²) in [6.07, 6.45) is 1.50. The van der Waals surface area contributed by atoms with E-state index in [9.17, 15) is 14.9 Å². The average molecular weight is 398 g/mol. The van der Waals surface area contributed by atoms with Crippen LogP contribution in [0.25, 0.3) is 20.7 Å². The van der Waals surface area contributed by atoms with Gasteiger partial charge in [-0.25, -0.2) is 4.98 Å². The quantitative estimate of drug-likeness (QED) is 0.368. The zero-order valence-corrected chi connectivity index (χ0v) is 15.4. The first-order valence-electron chi connectivity index (χ1n) is 7.99. The van der Waals surface area contributed by atoms with Gasteiger partial charge in [-0.3, -0.25) is 19.5 Å². The molecule has 2 heterocycles.